The minimum absolute atomic E-state index is 0.158. The van der Waals surface area contributed by atoms with Crippen molar-refractivity contribution >= 4 is 11.6 Å². The van der Waals surface area contributed by atoms with Crippen LogP contribution in [0.4, 0.5) is 0 Å². The van der Waals surface area contributed by atoms with E-state index in [0.29, 0.717) is 6.54 Å². The van der Waals surface area contributed by atoms with Gasteiger partial charge in [-0.1, -0.05) is 29.8 Å². The molecule has 1 rings (SSSR count). The first-order valence-electron chi connectivity index (χ1n) is 6.77. The molecule has 5 heteroatoms. The minimum Gasteiger partial charge on any atom is -0.356 e. The van der Waals surface area contributed by atoms with Gasteiger partial charge in [0.2, 0.25) is 0 Å². The fraction of sp³-hybridized carbons (Fsp3) is 0.600. The van der Waals surface area contributed by atoms with Crippen molar-refractivity contribution in [2.75, 3.05) is 27.8 Å². The van der Waals surface area contributed by atoms with Crippen molar-refractivity contribution in [1.29, 1.82) is 0 Å². The van der Waals surface area contributed by atoms with Gasteiger partial charge < -0.3 is 15.2 Å². The van der Waals surface area contributed by atoms with Gasteiger partial charge >= 0.3 is 0 Å². The van der Waals surface area contributed by atoms with E-state index in [1.807, 2.05) is 31.3 Å². The number of nitrogens with zero attached hydrogens (tertiary/aromatic N) is 1. The third-order valence-corrected chi connectivity index (χ3v) is 4.15. The van der Waals surface area contributed by atoms with Crippen LogP contribution < -0.4 is 5.73 Å². The van der Waals surface area contributed by atoms with Crippen molar-refractivity contribution in [2.24, 2.45) is 5.73 Å². The third kappa shape index (κ3) is 4.43. The molecule has 0 spiro atoms. The van der Waals surface area contributed by atoms with Crippen molar-refractivity contribution in [2.45, 2.75) is 31.7 Å². The number of likely N-dealkylation sites (N-methyl/N-ethyl adjacent to an activating group) is 1. The van der Waals surface area contributed by atoms with Crippen molar-refractivity contribution in [3.05, 3.63) is 34.9 Å². The zero-order valence-corrected chi connectivity index (χ0v) is 13.4. The average molecular weight is 301 g/mol. The summed E-state index contributed by atoms with van der Waals surface area (Å²) in [6, 6.07) is 8.21. The Balaban J connectivity index is 2.80. The standard InChI is InChI=1S/C15H25ClN2O2/c1-11(13-7-5-6-8-14(13)16)18(2)12(10-17)9-15(19-3)20-4/h5-8,11-12,15H,9-10,17H2,1-4H3. The lowest BCUT2D eigenvalue weighted by atomic mass is 10.0. The Morgan fingerprint density at radius 2 is 1.85 bits per heavy atom. The van der Waals surface area contributed by atoms with E-state index in [1.165, 1.54) is 0 Å². The van der Waals surface area contributed by atoms with Crippen LogP contribution in [0.2, 0.25) is 5.02 Å². The van der Waals surface area contributed by atoms with Gasteiger partial charge in [-0.05, 0) is 25.6 Å². The van der Waals surface area contributed by atoms with Gasteiger partial charge in [0.25, 0.3) is 0 Å². The largest absolute Gasteiger partial charge is 0.356 e. The molecule has 4 nitrogen and oxygen atoms in total. The first-order chi connectivity index (χ1) is 9.54. The lowest BCUT2D eigenvalue weighted by Crippen LogP contribution is -2.42. The molecule has 0 amide bonds. The Hall–Kier alpha value is -0.650. The van der Waals surface area contributed by atoms with Gasteiger partial charge in [0.15, 0.2) is 6.29 Å². The molecule has 0 aliphatic carbocycles. The summed E-state index contributed by atoms with van der Waals surface area (Å²) in [6.07, 6.45) is 0.471. The highest BCUT2D eigenvalue weighted by Crippen LogP contribution is 2.28. The summed E-state index contributed by atoms with van der Waals surface area (Å²) in [7, 11) is 5.33. The Labute approximate surface area is 126 Å². The lowest BCUT2D eigenvalue weighted by Gasteiger charge is -2.34. The van der Waals surface area contributed by atoms with E-state index < -0.39 is 0 Å². The second-order valence-corrected chi connectivity index (χ2v) is 5.30. The fourth-order valence-corrected chi connectivity index (χ4v) is 2.58. The Kier molecular flexibility index (Phi) is 7.48. The van der Waals surface area contributed by atoms with Crippen LogP contribution in [0.1, 0.15) is 24.9 Å². The molecule has 2 atom stereocenters. The van der Waals surface area contributed by atoms with E-state index >= 15 is 0 Å². The molecule has 0 aliphatic rings. The highest BCUT2D eigenvalue weighted by Gasteiger charge is 2.24. The van der Waals surface area contributed by atoms with E-state index in [-0.39, 0.29) is 18.4 Å². The van der Waals surface area contributed by atoms with Gasteiger partial charge in [0.05, 0.1) is 0 Å². The highest BCUT2D eigenvalue weighted by molar-refractivity contribution is 6.31. The number of rotatable bonds is 8. The molecule has 20 heavy (non-hydrogen) atoms. The smallest absolute Gasteiger partial charge is 0.158 e. The topological polar surface area (TPSA) is 47.7 Å². The Morgan fingerprint density at radius 1 is 1.25 bits per heavy atom. The number of halogens is 1. The maximum absolute atomic E-state index is 6.26. The average Bonchev–Trinajstić information content (AvgIpc) is 2.48. The normalized spacial score (nSPS) is 14.8. The van der Waals surface area contributed by atoms with Crippen LogP contribution in [0.15, 0.2) is 24.3 Å². The number of nitrogens with two attached hydrogens (primary N) is 1. The summed E-state index contributed by atoms with van der Waals surface area (Å²) >= 11 is 6.26. The Morgan fingerprint density at radius 3 is 2.35 bits per heavy atom. The number of benzene rings is 1. The van der Waals surface area contributed by atoms with E-state index in [4.69, 9.17) is 26.8 Å². The van der Waals surface area contributed by atoms with Gasteiger partial charge in [-0.2, -0.15) is 0 Å². The van der Waals surface area contributed by atoms with Crippen molar-refractivity contribution in [3.63, 3.8) is 0 Å². The van der Waals surface area contributed by atoms with Crippen LogP contribution in [-0.4, -0.2) is 45.0 Å². The van der Waals surface area contributed by atoms with Gasteiger partial charge in [-0.15, -0.1) is 0 Å². The molecule has 0 heterocycles. The third-order valence-electron chi connectivity index (χ3n) is 3.80. The van der Waals surface area contributed by atoms with Crippen LogP contribution in [0.25, 0.3) is 0 Å². The second kappa shape index (κ2) is 8.60. The zero-order chi connectivity index (χ0) is 15.1. The molecule has 2 N–H and O–H groups in total. The van der Waals surface area contributed by atoms with E-state index in [0.717, 1.165) is 17.0 Å². The van der Waals surface area contributed by atoms with Gasteiger partial charge in [0, 0.05) is 44.3 Å². The van der Waals surface area contributed by atoms with Gasteiger partial charge in [-0.3, -0.25) is 4.90 Å². The van der Waals surface area contributed by atoms with Crippen molar-refractivity contribution in [1.82, 2.24) is 4.90 Å². The molecule has 0 saturated heterocycles. The summed E-state index contributed by atoms with van der Waals surface area (Å²) in [5, 5.41) is 0.776. The molecule has 0 fully saturated rings. The predicted octanol–water partition coefficient (Wildman–Crippen LogP) is 2.67. The summed E-state index contributed by atoms with van der Waals surface area (Å²) < 4.78 is 10.5. The Bertz CT molecular complexity index is 399. The molecule has 1 aromatic rings. The quantitative estimate of drug-likeness (QED) is 0.750. The number of methoxy groups -OCH3 is 2. The molecule has 0 saturated carbocycles. The SMILES string of the molecule is COC(CC(CN)N(C)C(C)c1ccccc1Cl)OC. The first kappa shape index (κ1) is 17.4. The van der Waals surface area contributed by atoms with Gasteiger partial charge in [-0.25, -0.2) is 0 Å². The summed E-state index contributed by atoms with van der Waals surface area (Å²) in [4.78, 5) is 2.21. The number of hydrogen-bond donors (Lipinski definition) is 1. The van der Waals surface area contributed by atoms with Gasteiger partial charge in [0.1, 0.15) is 0 Å². The van der Waals surface area contributed by atoms with Crippen LogP contribution in [-0.2, 0) is 9.47 Å². The molecule has 0 radical (unpaired) electrons. The molecule has 2 unspecified atom stereocenters. The molecule has 0 aliphatic heterocycles. The van der Waals surface area contributed by atoms with Crippen molar-refractivity contribution in [3.8, 4) is 0 Å². The molecular formula is C15H25ClN2O2. The lowest BCUT2D eigenvalue weighted by molar-refractivity contribution is -0.117. The summed E-state index contributed by atoms with van der Waals surface area (Å²) in [5.41, 5.74) is 7.00. The molecule has 1 aromatic carbocycles. The van der Waals surface area contributed by atoms with Crippen LogP contribution >= 0.6 is 11.6 Å². The molecular weight excluding hydrogens is 276 g/mol. The molecule has 0 aromatic heterocycles. The monoisotopic (exact) mass is 300 g/mol. The number of hydrogen-bond acceptors (Lipinski definition) is 4. The predicted molar refractivity (Wildman–Crippen MR) is 82.9 cm³/mol. The van der Waals surface area contributed by atoms with E-state index in [9.17, 15) is 0 Å². The maximum atomic E-state index is 6.26. The molecule has 114 valence electrons. The van der Waals surface area contributed by atoms with Crippen LogP contribution in [0.5, 0.6) is 0 Å². The highest BCUT2D eigenvalue weighted by atomic mass is 35.5. The second-order valence-electron chi connectivity index (χ2n) is 4.89. The maximum Gasteiger partial charge on any atom is 0.158 e. The fourth-order valence-electron chi connectivity index (χ4n) is 2.29. The van der Waals surface area contributed by atoms with Crippen LogP contribution in [0, 0.1) is 0 Å². The summed E-state index contributed by atoms with van der Waals surface area (Å²) in [5.74, 6) is 0. The first-order valence-corrected chi connectivity index (χ1v) is 7.14. The summed E-state index contributed by atoms with van der Waals surface area (Å²) in [6.45, 7) is 2.66. The zero-order valence-electron chi connectivity index (χ0n) is 12.7. The van der Waals surface area contributed by atoms with Crippen LogP contribution in [0.3, 0.4) is 0 Å². The minimum atomic E-state index is -0.246. The molecule has 0 bridgehead atoms. The number of ether oxygens (including phenoxy) is 2. The van der Waals surface area contributed by atoms with E-state index in [1.54, 1.807) is 14.2 Å². The van der Waals surface area contributed by atoms with Crippen molar-refractivity contribution < 1.29 is 9.47 Å². The van der Waals surface area contributed by atoms with E-state index in [2.05, 4.69) is 11.8 Å².